The molecule has 6 heteroatoms. The van der Waals surface area contributed by atoms with Crippen molar-refractivity contribution in [2.45, 2.75) is 38.4 Å². The molecule has 0 bridgehead atoms. The van der Waals surface area contributed by atoms with E-state index in [0.717, 1.165) is 68.1 Å². The van der Waals surface area contributed by atoms with Crippen molar-refractivity contribution in [3.63, 3.8) is 0 Å². The summed E-state index contributed by atoms with van der Waals surface area (Å²) in [7, 11) is 0. The van der Waals surface area contributed by atoms with Crippen molar-refractivity contribution in [3.05, 3.63) is 126 Å². The number of aromatic nitrogens is 2. The molecular formula is C36H37N4O2-. The highest BCUT2D eigenvalue weighted by molar-refractivity contribution is 5.81. The minimum atomic E-state index is -0.991. The monoisotopic (exact) mass is 557 g/mol. The third-order valence-electron chi connectivity index (χ3n) is 8.27. The van der Waals surface area contributed by atoms with E-state index in [1.165, 1.54) is 16.7 Å². The van der Waals surface area contributed by atoms with Crippen LogP contribution < -0.4 is 5.11 Å². The van der Waals surface area contributed by atoms with Crippen LogP contribution in [0, 0.1) is 0 Å². The van der Waals surface area contributed by atoms with Crippen molar-refractivity contribution < 1.29 is 9.90 Å². The zero-order chi connectivity index (χ0) is 28.7. The van der Waals surface area contributed by atoms with E-state index in [9.17, 15) is 9.90 Å². The topological polar surface area (TPSA) is 64.4 Å². The number of aryl methyl sites for hydroxylation is 1. The number of rotatable bonds is 11. The van der Waals surface area contributed by atoms with E-state index in [1.807, 2.05) is 18.2 Å². The highest BCUT2D eigenvalue weighted by atomic mass is 16.4. The summed E-state index contributed by atoms with van der Waals surface area (Å²) in [5.41, 5.74) is 7.08. The highest BCUT2D eigenvalue weighted by Crippen LogP contribution is 2.30. The van der Waals surface area contributed by atoms with E-state index in [4.69, 9.17) is 4.98 Å². The standard InChI is InChI=1S/C36H38N4O2/c41-34(42)18-10-11-21-40-33-20-19-28(26-32(33)37-36(40)31-16-8-3-9-17-31)27-38-22-24-39(25-23-38)35(29-12-4-1-5-13-29)30-14-6-2-7-15-30/h1-9,12-17,19-20,26,35H,10-11,18,21-25,27H2,(H,41,42)/p-1. The highest BCUT2D eigenvalue weighted by Gasteiger charge is 2.26. The SMILES string of the molecule is O=C([O-])CCCCn1c(-c2ccccc2)nc2cc(CN3CCN(C(c4ccccc4)c4ccccc4)CC3)ccc21. The van der Waals surface area contributed by atoms with Crippen LogP contribution in [0.15, 0.2) is 109 Å². The van der Waals surface area contributed by atoms with Crippen LogP contribution in [0.5, 0.6) is 0 Å². The number of fused-ring (bicyclic) bond motifs is 1. The van der Waals surface area contributed by atoms with Gasteiger partial charge in [0.25, 0.3) is 0 Å². The predicted molar refractivity (Wildman–Crippen MR) is 166 cm³/mol. The van der Waals surface area contributed by atoms with Gasteiger partial charge in [-0.2, -0.15) is 0 Å². The largest absolute Gasteiger partial charge is 0.550 e. The number of hydrogen-bond donors (Lipinski definition) is 0. The Morgan fingerprint density at radius 1 is 0.762 bits per heavy atom. The molecule has 1 aromatic heterocycles. The number of benzene rings is 4. The Balaban J connectivity index is 1.17. The van der Waals surface area contributed by atoms with Crippen molar-refractivity contribution in [1.82, 2.24) is 19.4 Å². The fourth-order valence-electron chi connectivity index (χ4n) is 6.17. The van der Waals surface area contributed by atoms with Crippen molar-refractivity contribution in [3.8, 4) is 11.4 Å². The van der Waals surface area contributed by atoms with Crippen LogP contribution in [0.1, 0.15) is 42.0 Å². The molecule has 1 saturated heterocycles. The Labute approximate surface area is 247 Å². The van der Waals surface area contributed by atoms with Gasteiger partial charge < -0.3 is 14.5 Å². The summed E-state index contributed by atoms with van der Waals surface area (Å²) in [6.07, 6.45) is 1.44. The molecule has 0 amide bonds. The Kier molecular flexibility index (Phi) is 8.73. The number of carbonyl (C=O) groups is 1. The van der Waals surface area contributed by atoms with E-state index in [2.05, 4.69) is 105 Å². The van der Waals surface area contributed by atoms with Gasteiger partial charge in [0, 0.05) is 50.8 Å². The number of unbranched alkanes of at least 4 members (excludes halogenated alkanes) is 1. The fourth-order valence-corrected chi connectivity index (χ4v) is 6.17. The molecule has 42 heavy (non-hydrogen) atoms. The van der Waals surface area contributed by atoms with Crippen LogP contribution in [0.2, 0.25) is 0 Å². The lowest BCUT2D eigenvalue weighted by Gasteiger charge is -2.39. The van der Waals surface area contributed by atoms with Gasteiger partial charge >= 0.3 is 0 Å². The maximum absolute atomic E-state index is 10.9. The predicted octanol–water partition coefficient (Wildman–Crippen LogP) is 5.53. The second-order valence-electron chi connectivity index (χ2n) is 11.1. The Hall–Kier alpha value is -4.26. The van der Waals surface area contributed by atoms with Gasteiger partial charge in [0.1, 0.15) is 5.82 Å². The minimum absolute atomic E-state index is 0.0855. The lowest BCUT2D eigenvalue weighted by molar-refractivity contribution is -0.305. The molecule has 1 aliphatic heterocycles. The molecule has 0 radical (unpaired) electrons. The zero-order valence-electron chi connectivity index (χ0n) is 23.9. The van der Waals surface area contributed by atoms with E-state index < -0.39 is 5.97 Å². The van der Waals surface area contributed by atoms with Gasteiger partial charge in [0.05, 0.1) is 17.1 Å². The van der Waals surface area contributed by atoms with Gasteiger partial charge in [-0.3, -0.25) is 9.80 Å². The third kappa shape index (κ3) is 6.46. The maximum Gasteiger partial charge on any atom is 0.141 e. The summed E-state index contributed by atoms with van der Waals surface area (Å²) in [5, 5.41) is 10.9. The average molecular weight is 558 g/mol. The van der Waals surface area contributed by atoms with Gasteiger partial charge in [-0.1, -0.05) is 97.1 Å². The van der Waals surface area contributed by atoms with Crippen molar-refractivity contribution in [2.24, 2.45) is 0 Å². The summed E-state index contributed by atoms with van der Waals surface area (Å²) < 4.78 is 2.23. The second kappa shape index (κ2) is 13.1. The summed E-state index contributed by atoms with van der Waals surface area (Å²) in [6.45, 7) is 5.65. The molecule has 0 spiro atoms. The molecule has 2 heterocycles. The first-order chi connectivity index (χ1) is 20.7. The van der Waals surface area contributed by atoms with Gasteiger partial charge in [-0.15, -0.1) is 0 Å². The van der Waals surface area contributed by atoms with E-state index in [0.29, 0.717) is 6.42 Å². The molecular weight excluding hydrogens is 520 g/mol. The first kappa shape index (κ1) is 27.9. The number of nitrogens with zero attached hydrogens (tertiary/aromatic N) is 4. The molecule has 5 aromatic rings. The quantitative estimate of drug-likeness (QED) is 0.200. The molecule has 0 N–H and O–H groups in total. The van der Waals surface area contributed by atoms with Crippen LogP contribution in [0.25, 0.3) is 22.4 Å². The van der Waals surface area contributed by atoms with Crippen LogP contribution in [-0.2, 0) is 17.9 Å². The number of carboxylic acids is 1. The molecule has 6 rings (SSSR count). The van der Waals surface area contributed by atoms with Crippen LogP contribution in [-0.4, -0.2) is 51.5 Å². The van der Waals surface area contributed by atoms with E-state index in [1.54, 1.807) is 0 Å². The minimum Gasteiger partial charge on any atom is -0.550 e. The van der Waals surface area contributed by atoms with E-state index >= 15 is 0 Å². The lowest BCUT2D eigenvalue weighted by Crippen LogP contribution is -2.47. The zero-order valence-corrected chi connectivity index (χ0v) is 23.9. The lowest BCUT2D eigenvalue weighted by atomic mass is 9.96. The number of carboxylic acid groups (broad SMARTS) is 1. The summed E-state index contributed by atoms with van der Waals surface area (Å²) in [5.74, 6) is -0.0624. The third-order valence-corrected chi connectivity index (χ3v) is 8.27. The summed E-state index contributed by atoms with van der Waals surface area (Å²) in [4.78, 5) is 21.1. The number of carbonyl (C=O) groups excluding carboxylic acids is 1. The average Bonchev–Trinajstić information content (AvgIpc) is 3.39. The summed E-state index contributed by atoms with van der Waals surface area (Å²) >= 11 is 0. The van der Waals surface area contributed by atoms with Crippen LogP contribution in [0.4, 0.5) is 0 Å². The smallest absolute Gasteiger partial charge is 0.141 e. The van der Waals surface area contributed by atoms with Gasteiger partial charge in [-0.05, 0) is 48.1 Å². The molecule has 0 saturated carbocycles. The van der Waals surface area contributed by atoms with Gasteiger partial charge in [0.2, 0.25) is 0 Å². The second-order valence-corrected chi connectivity index (χ2v) is 11.1. The molecule has 1 aliphatic rings. The number of piperazine rings is 1. The Morgan fingerprint density at radius 2 is 1.38 bits per heavy atom. The van der Waals surface area contributed by atoms with Crippen LogP contribution in [0.3, 0.4) is 0 Å². The molecule has 1 fully saturated rings. The Morgan fingerprint density at radius 3 is 2.00 bits per heavy atom. The van der Waals surface area contributed by atoms with E-state index in [-0.39, 0.29) is 12.5 Å². The van der Waals surface area contributed by atoms with Crippen LogP contribution >= 0.6 is 0 Å². The van der Waals surface area contributed by atoms with Crippen molar-refractivity contribution in [2.75, 3.05) is 26.2 Å². The molecule has 4 aromatic carbocycles. The molecule has 0 atom stereocenters. The number of hydrogen-bond acceptors (Lipinski definition) is 5. The summed E-state index contributed by atoms with van der Waals surface area (Å²) in [6, 6.07) is 38.8. The first-order valence-corrected chi connectivity index (χ1v) is 15.0. The molecule has 6 nitrogen and oxygen atoms in total. The molecule has 214 valence electrons. The first-order valence-electron chi connectivity index (χ1n) is 15.0. The normalized spacial score (nSPS) is 14.5. The molecule has 0 aliphatic carbocycles. The van der Waals surface area contributed by atoms with Gasteiger partial charge in [0.15, 0.2) is 0 Å². The number of aliphatic carboxylic acids is 1. The molecule has 0 unspecified atom stereocenters. The van der Waals surface area contributed by atoms with Crippen molar-refractivity contribution >= 4 is 17.0 Å². The fraction of sp³-hybridized carbons (Fsp3) is 0.278. The maximum atomic E-state index is 10.9. The van der Waals surface area contributed by atoms with Crippen molar-refractivity contribution in [1.29, 1.82) is 0 Å². The number of imidazole rings is 1. The van der Waals surface area contributed by atoms with Gasteiger partial charge in [-0.25, -0.2) is 4.98 Å². The Bertz CT molecular complexity index is 1550.